The van der Waals surface area contributed by atoms with E-state index in [4.69, 9.17) is 5.26 Å². The smallest absolute Gasteiger partial charge is 0.217 e. The average Bonchev–Trinajstić information content (AvgIpc) is 2.33. The summed E-state index contributed by atoms with van der Waals surface area (Å²) < 4.78 is 26.9. The molecule has 2 rings (SSSR count). The van der Waals surface area contributed by atoms with Crippen molar-refractivity contribution in [1.82, 2.24) is 4.98 Å². The fourth-order valence-electron chi connectivity index (χ4n) is 1.50. The SMILES string of the molecule is N#CCc1ccc(-c2ccccc2F)nc1F. The van der Waals surface area contributed by atoms with Crippen molar-refractivity contribution in [3.05, 3.63) is 53.7 Å². The molecule has 1 aromatic carbocycles. The first-order valence-corrected chi connectivity index (χ1v) is 4.99. The lowest BCUT2D eigenvalue weighted by atomic mass is 10.1. The van der Waals surface area contributed by atoms with Crippen LogP contribution < -0.4 is 0 Å². The minimum absolute atomic E-state index is 0.0453. The molecule has 0 N–H and O–H groups in total. The van der Waals surface area contributed by atoms with Gasteiger partial charge in [0, 0.05) is 11.1 Å². The molecule has 0 aliphatic heterocycles. The van der Waals surface area contributed by atoms with E-state index in [1.165, 1.54) is 24.3 Å². The molecule has 0 saturated carbocycles. The summed E-state index contributed by atoms with van der Waals surface area (Å²) in [6.07, 6.45) is -0.0453. The summed E-state index contributed by atoms with van der Waals surface area (Å²) >= 11 is 0. The molecule has 0 saturated heterocycles. The van der Waals surface area contributed by atoms with E-state index in [-0.39, 0.29) is 23.2 Å². The van der Waals surface area contributed by atoms with Gasteiger partial charge in [-0.05, 0) is 18.2 Å². The maximum atomic E-state index is 13.5. The highest BCUT2D eigenvalue weighted by atomic mass is 19.1. The van der Waals surface area contributed by atoms with Gasteiger partial charge >= 0.3 is 0 Å². The van der Waals surface area contributed by atoms with E-state index in [2.05, 4.69) is 4.98 Å². The number of benzene rings is 1. The highest BCUT2D eigenvalue weighted by Crippen LogP contribution is 2.21. The molecule has 84 valence electrons. The number of nitriles is 1. The van der Waals surface area contributed by atoms with Gasteiger partial charge < -0.3 is 0 Å². The van der Waals surface area contributed by atoms with Gasteiger partial charge in [-0.15, -0.1) is 0 Å². The topological polar surface area (TPSA) is 36.7 Å². The lowest BCUT2D eigenvalue weighted by Crippen LogP contribution is -1.96. The quantitative estimate of drug-likeness (QED) is 0.743. The van der Waals surface area contributed by atoms with Crippen LogP contribution in [0.5, 0.6) is 0 Å². The summed E-state index contributed by atoms with van der Waals surface area (Å²) in [5.41, 5.74) is 0.685. The van der Waals surface area contributed by atoms with Crippen LogP contribution in [0.4, 0.5) is 8.78 Å². The zero-order valence-corrected chi connectivity index (χ0v) is 8.82. The minimum Gasteiger partial charge on any atom is -0.219 e. The van der Waals surface area contributed by atoms with Crippen molar-refractivity contribution in [3.8, 4) is 17.3 Å². The van der Waals surface area contributed by atoms with Crippen LogP contribution in [0, 0.1) is 23.1 Å². The van der Waals surface area contributed by atoms with E-state index in [0.717, 1.165) is 0 Å². The van der Waals surface area contributed by atoms with Gasteiger partial charge in [-0.3, -0.25) is 0 Å². The van der Waals surface area contributed by atoms with Crippen molar-refractivity contribution in [2.75, 3.05) is 0 Å². The Balaban J connectivity index is 2.46. The molecule has 0 fully saturated rings. The molecule has 17 heavy (non-hydrogen) atoms. The maximum Gasteiger partial charge on any atom is 0.217 e. The van der Waals surface area contributed by atoms with E-state index >= 15 is 0 Å². The summed E-state index contributed by atoms with van der Waals surface area (Å²) in [5, 5.41) is 8.47. The second kappa shape index (κ2) is 4.71. The molecule has 0 unspecified atom stereocenters. The number of hydrogen-bond donors (Lipinski definition) is 0. The highest BCUT2D eigenvalue weighted by molar-refractivity contribution is 5.59. The molecule has 0 radical (unpaired) electrons. The Labute approximate surface area is 97.2 Å². The van der Waals surface area contributed by atoms with Crippen molar-refractivity contribution >= 4 is 0 Å². The second-order valence-electron chi connectivity index (χ2n) is 3.46. The number of pyridine rings is 1. The van der Waals surface area contributed by atoms with E-state index in [1.54, 1.807) is 12.1 Å². The largest absolute Gasteiger partial charge is 0.219 e. The Kier molecular flexibility index (Phi) is 3.10. The summed E-state index contributed by atoms with van der Waals surface area (Å²) in [5.74, 6) is -1.18. The van der Waals surface area contributed by atoms with E-state index in [0.29, 0.717) is 0 Å². The molecular formula is C13H8F2N2. The highest BCUT2D eigenvalue weighted by Gasteiger charge is 2.09. The summed E-state index contributed by atoms with van der Waals surface area (Å²) in [4.78, 5) is 3.67. The second-order valence-corrected chi connectivity index (χ2v) is 3.46. The van der Waals surface area contributed by atoms with Crippen LogP contribution in [-0.4, -0.2) is 4.98 Å². The third-order valence-corrected chi connectivity index (χ3v) is 2.35. The number of nitrogens with zero attached hydrogens (tertiary/aromatic N) is 2. The predicted molar refractivity (Wildman–Crippen MR) is 58.9 cm³/mol. The van der Waals surface area contributed by atoms with Crippen molar-refractivity contribution in [1.29, 1.82) is 5.26 Å². The van der Waals surface area contributed by atoms with Crippen LogP contribution >= 0.6 is 0 Å². The maximum absolute atomic E-state index is 13.5. The monoisotopic (exact) mass is 230 g/mol. The van der Waals surface area contributed by atoms with Gasteiger partial charge in [-0.1, -0.05) is 18.2 Å². The fraction of sp³-hybridized carbons (Fsp3) is 0.0769. The van der Waals surface area contributed by atoms with Crippen molar-refractivity contribution in [2.45, 2.75) is 6.42 Å². The zero-order valence-electron chi connectivity index (χ0n) is 8.82. The van der Waals surface area contributed by atoms with Gasteiger partial charge in [0.05, 0.1) is 18.2 Å². The van der Waals surface area contributed by atoms with Crippen LogP contribution in [0.1, 0.15) is 5.56 Å². The number of rotatable bonds is 2. The molecule has 0 spiro atoms. The summed E-state index contributed by atoms with van der Waals surface area (Å²) in [7, 11) is 0. The van der Waals surface area contributed by atoms with Gasteiger partial charge in [0.25, 0.3) is 0 Å². The Morgan fingerprint density at radius 2 is 1.88 bits per heavy atom. The van der Waals surface area contributed by atoms with Crippen molar-refractivity contribution in [2.24, 2.45) is 0 Å². The van der Waals surface area contributed by atoms with Crippen LogP contribution in [0.15, 0.2) is 36.4 Å². The normalized spacial score (nSPS) is 9.94. The van der Waals surface area contributed by atoms with Gasteiger partial charge in [0.1, 0.15) is 5.82 Å². The standard InChI is InChI=1S/C13H8F2N2/c14-11-4-2-1-3-10(11)12-6-5-9(7-8-16)13(15)17-12/h1-6H,7H2. The average molecular weight is 230 g/mol. The van der Waals surface area contributed by atoms with Crippen molar-refractivity contribution in [3.63, 3.8) is 0 Å². The lowest BCUT2D eigenvalue weighted by Gasteiger charge is -2.04. The first kappa shape index (κ1) is 11.2. The molecular weight excluding hydrogens is 222 g/mol. The molecule has 0 aliphatic rings. The van der Waals surface area contributed by atoms with Crippen LogP contribution in [-0.2, 0) is 6.42 Å². The zero-order chi connectivity index (χ0) is 12.3. The summed E-state index contributed by atoms with van der Waals surface area (Å²) in [6, 6.07) is 10.8. The van der Waals surface area contributed by atoms with Crippen molar-refractivity contribution < 1.29 is 8.78 Å². The number of aromatic nitrogens is 1. The van der Waals surface area contributed by atoms with Gasteiger partial charge in [0.2, 0.25) is 5.95 Å². The van der Waals surface area contributed by atoms with E-state index in [9.17, 15) is 8.78 Å². The molecule has 0 amide bonds. The number of halogens is 2. The Morgan fingerprint density at radius 3 is 2.53 bits per heavy atom. The van der Waals surface area contributed by atoms with Crippen LogP contribution in [0.3, 0.4) is 0 Å². The molecule has 2 nitrogen and oxygen atoms in total. The van der Waals surface area contributed by atoms with E-state index < -0.39 is 11.8 Å². The van der Waals surface area contributed by atoms with Gasteiger partial charge in [-0.25, -0.2) is 9.37 Å². The molecule has 0 atom stereocenters. The first-order valence-electron chi connectivity index (χ1n) is 4.99. The number of hydrogen-bond acceptors (Lipinski definition) is 2. The molecule has 0 bridgehead atoms. The summed E-state index contributed by atoms with van der Waals surface area (Å²) in [6.45, 7) is 0. The molecule has 4 heteroatoms. The Bertz CT molecular complexity index is 588. The fourth-order valence-corrected chi connectivity index (χ4v) is 1.50. The van der Waals surface area contributed by atoms with Crippen LogP contribution in [0.25, 0.3) is 11.3 Å². The minimum atomic E-state index is -0.729. The molecule has 1 heterocycles. The molecule has 1 aromatic heterocycles. The first-order chi connectivity index (χ1) is 8.22. The van der Waals surface area contributed by atoms with E-state index in [1.807, 2.05) is 6.07 Å². The Morgan fingerprint density at radius 1 is 1.12 bits per heavy atom. The molecule has 0 aliphatic carbocycles. The van der Waals surface area contributed by atoms with Gasteiger partial charge in [0.15, 0.2) is 0 Å². The lowest BCUT2D eigenvalue weighted by molar-refractivity contribution is 0.571. The van der Waals surface area contributed by atoms with Gasteiger partial charge in [-0.2, -0.15) is 9.65 Å². The third-order valence-electron chi connectivity index (χ3n) is 2.35. The Hall–Kier alpha value is -2.28. The predicted octanol–water partition coefficient (Wildman–Crippen LogP) is 3.09. The third kappa shape index (κ3) is 2.28. The van der Waals surface area contributed by atoms with Crippen LogP contribution in [0.2, 0.25) is 0 Å². The molecule has 2 aromatic rings.